The maximum atomic E-state index is 12.3. The minimum Gasteiger partial charge on any atom is -0.486 e. The van der Waals surface area contributed by atoms with Crippen LogP contribution < -0.4 is 14.2 Å². The van der Waals surface area contributed by atoms with Gasteiger partial charge in [0.25, 0.3) is 0 Å². The molecule has 0 saturated carbocycles. The molecule has 0 saturated heterocycles. The van der Waals surface area contributed by atoms with Gasteiger partial charge in [-0.1, -0.05) is 6.07 Å². The number of nitrogens with one attached hydrogen (secondary N) is 1. The zero-order chi connectivity index (χ0) is 16.1. The Labute approximate surface area is 139 Å². The second kappa shape index (κ2) is 7.20. The van der Waals surface area contributed by atoms with Crippen molar-refractivity contribution in [2.45, 2.75) is 9.92 Å². The number of fused-ring (bicyclic) bond motifs is 1. The molecule has 1 aromatic heterocycles. The zero-order valence-electron chi connectivity index (χ0n) is 12.3. The summed E-state index contributed by atoms with van der Waals surface area (Å²) < 4.78 is 38.0. The molecular weight excluding hydrogens is 336 g/mol. The summed E-state index contributed by atoms with van der Waals surface area (Å²) in [7, 11) is -3.57. The molecule has 1 aliphatic heterocycles. The van der Waals surface area contributed by atoms with Crippen molar-refractivity contribution in [3.05, 3.63) is 42.6 Å². The zero-order valence-corrected chi connectivity index (χ0v) is 13.9. The first kappa shape index (κ1) is 16.1. The van der Waals surface area contributed by atoms with Crippen LogP contribution in [0, 0.1) is 0 Å². The van der Waals surface area contributed by atoms with Gasteiger partial charge in [0.15, 0.2) is 11.5 Å². The van der Waals surface area contributed by atoms with Gasteiger partial charge in [-0.2, -0.15) is 0 Å². The van der Waals surface area contributed by atoms with Crippen LogP contribution in [0.25, 0.3) is 0 Å². The highest BCUT2D eigenvalue weighted by atomic mass is 32.2. The van der Waals surface area contributed by atoms with Crippen molar-refractivity contribution < 1.29 is 17.9 Å². The number of thioether (sulfide) groups is 1. The van der Waals surface area contributed by atoms with Gasteiger partial charge in [0, 0.05) is 24.6 Å². The summed E-state index contributed by atoms with van der Waals surface area (Å²) in [5.74, 6) is 1.63. The van der Waals surface area contributed by atoms with Crippen LogP contribution in [0.15, 0.2) is 52.5 Å². The molecule has 0 bridgehead atoms. The van der Waals surface area contributed by atoms with E-state index in [1.807, 2.05) is 18.2 Å². The quantitative estimate of drug-likeness (QED) is 0.632. The smallest absolute Gasteiger partial charge is 0.240 e. The van der Waals surface area contributed by atoms with E-state index in [0.29, 0.717) is 37.0 Å². The number of ether oxygens (including phenoxy) is 2. The molecule has 122 valence electrons. The van der Waals surface area contributed by atoms with E-state index in [9.17, 15) is 8.42 Å². The Hall–Kier alpha value is -1.77. The molecule has 2 heterocycles. The highest BCUT2D eigenvalue weighted by Gasteiger charge is 2.18. The Balaban J connectivity index is 1.58. The molecule has 3 rings (SSSR count). The number of aromatic nitrogens is 1. The Morgan fingerprint density at radius 1 is 1.13 bits per heavy atom. The summed E-state index contributed by atoms with van der Waals surface area (Å²) in [6.07, 6.45) is 1.71. The van der Waals surface area contributed by atoms with Gasteiger partial charge in [0.05, 0.1) is 9.92 Å². The third kappa shape index (κ3) is 4.15. The van der Waals surface area contributed by atoms with Gasteiger partial charge in [-0.05, 0) is 24.3 Å². The van der Waals surface area contributed by atoms with E-state index in [2.05, 4.69) is 9.71 Å². The molecule has 6 nitrogen and oxygen atoms in total. The molecule has 0 amide bonds. The maximum absolute atomic E-state index is 12.3. The molecule has 1 N–H and O–H groups in total. The van der Waals surface area contributed by atoms with Crippen LogP contribution in [0.1, 0.15) is 0 Å². The molecule has 1 aromatic carbocycles. The minimum atomic E-state index is -3.57. The number of sulfonamides is 1. The lowest BCUT2D eigenvalue weighted by Crippen LogP contribution is -2.26. The molecule has 2 aromatic rings. The molecule has 0 fully saturated rings. The fourth-order valence-corrected chi connectivity index (χ4v) is 3.94. The molecule has 0 aliphatic carbocycles. The topological polar surface area (TPSA) is 77.5 Å². The SMILES string of the molecule is O=S(=O)(NCCSc1ccccn1)c1ccc2c(c1)OCCO2. The largest absolute Gasteiger partial charge is 0.486 e. The number of benzene rings is 1. The number of pyridine rings is 1. The molecule has 0 radical (unpaired) electrons. The first-order valence-electron chi connectivity index (χ1n) is 7.08. The van der Waals surface area contributed by atoms with E-state index in [1.165, 1.54) is 23.9 Å². The average Bonchev–Trinajstić information content (AvgIpc) is 2.59. The first-order valence-corrected chi connectivity index (χ1v) is 9.55. The number of rotatable bonds is 6. The fourth-order valence-electron chi connectivity index (χ4n) is 2.04. The van der Waals surface area contributed by atoms with Crippen LogP contribution in [0.4, 0.5) is 0 Å². The van der Waals surface area contributed by atoms with Gasteiger partial charge in [-0.25, -0.2) is 18.1 Å². The van der Waals surface area contributed by atoms with E-state index >= 15 is 0 Å². The van der Waals surface area contributed by atoms with E-state index in [0.717, 1.165) is 5.03 Å². The fraction of sp³-hybridized carbons (Fsp3) is 0.267. The summed E-state index contributed by atoms with van der Waals surface area (Å²) in [6.45, 7) is 1.21. The van der Waals surface area contributed by atoms with Gasteiger partial charge < -0.3 is 9.47 Å². The highest BCUT2D eigenvalue weighted by molar-refractivity contribution is 7.99. The summed E-state index contributed by atoms with van der Waals surface area (Å²) >= 11 is 1.50. The van der Waals surface area contributed by atoms with Gasteiger partial charge >= 0.3 is 0 Å². The van der Waals surface area contributed by atoms with E-state index in [4.69, 9.17) is 9.47 Å². The number of nitrogens with zero attached hydrogens (tertiary/aromatic N) is 1. The Morgan fingerprint density at radius 3 is 2.74 bits per heavy atom. The molecular formula is C15H16N2O4S2. The van der Waals surface area contributed by atoms with Crippen molar-refractivity contribution in [2.24, 2.45) is 0 Å². The third-order valence-corrected chi connectivity index (χ3v) is 5.51. The summed E-state index contributed by atoms with van der Waals surface area (Å²) in [6, 6.07) is 10.2. The standard InChI is InChI=1S/C15H16N2O4S2/c18-23(19,17-7-10-22-15-3-1-2-6-16-15)12-4-5-13-14(11-12)21-9-8-20-13/h1-6,11,17H,7-10H2. The summed E-state index contributed by atoms with van der Waals surface area (Å²) in [5.41, 5.74) is 0. The van der Waals surface area contributed by atoms with Crippen LogP contribution in [-0.4, -0.2) is 38.9 Å². The Morgan fingerprint density at radius 2 is 1.96 bits per heavy atom. The molecule has 23 heavy (non-hydrogen) atoms. The van der Waals surface area contributed by atoms with Gasteiger partial charge in [-0.15, -0.1) is 11.8 Å². The second-order valence-corrected chi connectivity index (χ2v) is 7.60. The van der Waals surface area contributed by atoms with E-state index in [-0.39, 0.29) is 4.90 Å². The monoisotopic (exact) mass is 352 g/mol. The van der Waals surface area contributed by atoms with Crippen molar-refractivity contribution in [2.75, 3.05) is 25.5 Å². The predicted octanol–water partition coefficient (Wildman–Crippen LogP) is 1.92. The Kier molecular flexibility index (Phi) is 5.04. The molecule has 0 spiro atoms. The number of hydrogen-bond donors (Lipinski definition) is 1. The molecule has 0 unspecified atom stereocenters. The minimum absolute atomic E-state index is 0.171. The van der Waals surface area contributed by atoms with Crippen LogP contribution in [-0.2, 0) is 10.0 Å². The van der Waals surface area contributed by atoms with Crippen molar-refractivity contribution in [3.8, 4) is 11.5 Å². The average molecular weight is 352 g/mol. The lowest BCUT2D eigenvalue weighted by Gasteiger charge is -2.18. The lowest BCUT2D eigenvalue weighted by molar-refractivity contribution is 0.171. The number of hydrogen-bond acceptors (Lipinski definition) is 6. The summed E-state index contributed by atoms with van der Waals surface area (Å²) in [5, 5.41) is 0.867. The van der Waals surface area contributed by atoms with Gasteiger partial charge in [0.1, 0.15) is 13.2 Å². The van der Waals surface area contributed by atoms with Crippen LogP contribution >= 0.6 is 11.8 Å². The van der Waals surface area contributed by atoms with E-state index in [1.54, 1.807) is 12.3 Å². The third-order valence-electron chi connectivity index (χ3n) is 3.11. The van der Waals surface area contributed by atoms with Crippen molar-refractivity contribution in [1.29, 1.82) is 0 Å². The molecule has 8 heteroatoms. The molecule has 1 aliphatic rings. The first-order chi connectivity index (χ1) is 11.1. The van der Waals surface area contributed by atoms with Gasteiger partial charge in [0.2, 0.25) is 10.0 Å². The highest BCUT2D eigenvalue weighted by Crippen LogP contribution is 2.32. The van der Waals surface area contributed by atoms with Crippen LogP contribution in [0.3, 0.4) is 0 Å². The van der Waals surface area contributed by atoms with Crippen LogP contribution in [0.5, 0.6) is 11.5 Å². The van der Waals surface area contributed by atoms with E-state index < -0.39 is 10.0 Å². The van der Waals surface area contributed by atoms with Crippen LogP contribution in [0.2, 0.25) is 0 Å². The molecule has 0 atom stereocenters. The lowest BCUT2D eigenvalue weighted by atomic mass is 10.3. The Bertz CT molecular complexity index is 766. The van der Waals surface area contributed by atoms with Crippen molar-refractivity contribution >= 4 is 21.8 Å². The predicted molar refractivity (Wildman–Crippen MR) is 87.6 cm³/mol. The maximum Gasteiger partial charge on any atom is 0.240 e. The normalized spacial score (nSPS) is 13.7. The van der Waals surface area contributed by atoms with Gasteiger partial charge in [-0.3, -0.25) is 0 Å². The summed E-state index contributed by atoms with van der Waals surface area (Å²) in [4.78, 5) is 4.35. The van der Waals surface area contributed by atoms with Crippen molar-refractivity contribution in [1.82, 2.24) is 9.71 Å². The second-order valence-electron chi connectivity index (χ2n) is 4.72. The van der Waals surface area contributed by atoms with Crippen molar-refractivity contribution in [3.63, 3.8) is 0 Å².